The van der Waals surface area contributed by atoms with Crippen molar-refractivity contribution < 1.29 is 58.1 Å². The fraction of sp³-hybridized carbons (Fsp3) is 0.647. The lowest BCUT2D eigenvalue weighted by molar-refractivity contribution is -0.423. The van der Waals surface area contributed by atoms with E-state index in [1.165, 1.54) is 0 Å². The van der Waals surface area contributed by atoms with E-state index in [4.69, 9.17) is 4.74 Å². The lowest BCUT2D eigenvalue weighted by Crippen LogP contribution is -2.66. The minimum Gasteiger partial charge on any atom is -0.494 e. The van der Waals surface area contributed by atoms with Crippen molar-refractivity contribution in [1.82, 2.24) is 0 Å². The predicted molar refractivity (Wildman–Crippen MR) is 82.3 cm³/mol. The van der Waals surface area contributed by atoms with Gasteiger partial charge in [0.05, 0.1) is 12.7 Å². The van der Waals surface area contributed by atoms with Gasteiger partial charge in [-0.3, -0.25) is 0 Å². The summed E-state index contributed by atoms with van der Waals surface area (Å²) in [5.41, 5.74) is -0.501. The van der Waals surface area contributed by atoms with Crippen molar-refractivity contribution in [3.05, 3.63) is 29.8 Å². The number of hydrogen-bond donors (Lipinski definition) is 1. The molecule has 30 heavy (non-hydrogen) atoms. The van der Waals surface area contributed by atoms with E-state index < -0.39 is 48.0 Å². The summed E-state index contributed by atoms with van der Waals surface area (Å²) in [7, 11) is 0. The maximum Gasteiger partial charge on any atom is 0.460 e. The number of alkyl halides is 11. The topological polar surface area (TPSA) is 29.5 Å². The van der Waals surface area contributed by atoms with Crippen LogP contribution >= 0.6 is 0 Å². The molecule has 0 saturated carbocycles. The number of unbranched alkanes of at least 4 members (excludes halogenated alkanes) is 1. The first-order valence-electron chi connectivity index (χ1n) is 8.41. The van der Waals surface area contributed by atoms with Gasteiger partial charge in [-0.15, -0.1) is 0 Å². The summed E-state index contributed by atoms with van der Waals surface area (Å²) in [6.45, 7) is 2.15. The molecular weight excluding hydrogens is 445 g/mol. The zero-order chi connectivity index (χ0) is 23.6. The Bertz CT molecular complexity index is 684. The summed E-state index contributed by atoms with van der Waals surface area (Å²) < 4.78 is 148. The Labute approximate surface area is 163 Å². The third-order valence-electron chi connectivity index (χ3n) is 4.09. The highest BCUT2D eigenvalue weighted by Gasteiger charge is 2.87. The van der Waals surface area contributed by atoms with E-state index in [1.807, 2.05) is 6.92 Å². The first kappa shape index (κ1) is 26.2. The molecule has 0 amide bonds. The standard InChI is InChI=1S/C17H17F11O2/c1-2-3-8-30-11-6-4-10(5-7-11)12(29)9-13(18,19)14(20,21)15(22,23)16(24,25)17(26,27)28/h4-7,12,29H,2-3,8-9H2,1H3. The van der Waals surface area contributed by atoms with Gasteiger partial charge >= 0.3 is 29.9 Å². The lowest BCUT2D eigenvalue weighted by atomic mass is 9.92. The van der Waals surface area contributed by atoms with Gasteiger partial charge in [-0.2, -0.15) is 48.3 Å². The second kappa shape index (κ2) is 8.75. The Morgan fingerprint density at radius 1 is 0.800 bits per heavy atom. The SMILES string of the molecule is CCCCOc1ccc(C(O)CC(F)(F)C(F)(F)C(F)(F)C(F)(F)C(F)(F)F)cc1. The molecule has 0 radical (unpaired) electrons. The first-order valence-corrected chi connectivity index (χ1v) is 8.41. The number of halogens is 11. The maximum atomic E-state index is 13.7. The molecule has 1 atom stereocenters. The van der Waals surface area contributed by atoms with Crippen molar-refractivity contribution in [2.75, 3.05) is 6.61 Å². The number of ether oxygens (including phenoxy) is 1. The van der Waals surface area contributed by atoms with Crippen molar-refractivity contribution in [3.63, 3.8) is 0 Å². The van der Waals surface area contributed by atoms with E-state index in [9.17, 15) is 53.4 Å². The van der Waals surface area contributed by atoms with E-state index >= 15 is 0 Å². The van der Waals surface area contributed by atoms with Crippen molar-refractivity contribution in [3.8, 4) is 5.75 Å². The number of aliphatic hydroxyl groups excluding tert-OH is 1. The number of aliphatic hydroxyl groups is 1. The molecule has 0 aliphatic rings. The molecule has 0 aliphatic heterocycles. The molecule has 13 heteroatoms. The van der Waals surface area contributed by atoms with Gasteiger partial charge in [0.15, 0.2) is 0 Å². The molecular formula is C17H17F11O2. The van der Waals surface area contributed by atoms with Crippen molar-refractivity contribution in [2.24, 2.45) is 0 Å². The Morgan fingerprint density at radius 2 is 1.30 bits per heavy atom. The van der Waals surface area contributed by atoms with Crippen molar-refractivity contribution >= 4 is 0 Å². The smallest absolute Gasteiger partial charge is 0.460 e. The van der Waals surface area contributed by atoms with Gasteiger partial charge in [0.2, 0.25) is 0 Å². The summed E-state index contributed by atoms with van der Waals surface area (Å²) in [6, 6.07) is 4.11. The van der Waals surface area contributed by atoms with Crippen LogP contribution in [-0.2, 0) is 0 Å². The van der Waals surface area contributed by atoms with Crippen LogP contribution in [0.3, 0.4) is 0 Å². The van der Waals surface area contributed by atoms with Crippen LogP contribution in [0.25, 0.3) is 0 Å². The van der Waals surface area contributed by atoms with Crippen LogP contribution in [0.5, 0.6) is 5.75 Å². The van der Waals surface area contributed by atoms with Crippen LogP contribution in [-0.4, -0.2) is 41.6 Å². The van der Waals surface area contributed by atoms with Gasteiger partial charge in [-0.25, -0.2) is 0 Å². The average Bonchev–Trinajstić information content (AvgIpc) is 2.60. The Morgan fingerprint density at radius 3 is 1.73 bits per heavy atom. The zero-order valence-corrected chi connectivity index (χ0v) is 15.2. The highest BCUT2D eigenvalue weighted by Crippen LogP contribution is 2.58. The van der Waals surface area contributed by atoms with E-state index in [2.05, 4.69) is 0 Å². The second-order valence-corrected chi connectivity index (χ2v) is 6.42. The average molecular weight is 462 g/mol. The number of benzene rings is 1. The predicted octanol–water partition coefficient (Wildman–Crippen LogP) is 6.39. The maximum absolute atomic E-state index is 13.7. The largest absolute Gasteiger partial charge is 0.494 e. The third-order valence-corrected chi connectivity index (χ3v) is 4.09. The second-order valence-electron chi connectivity index (χ2n) is 6.42. The molecule has 0 bridgehead atoms. The normalized spacial score (nSPS) is 15.2. The molecule has 1 N–H and O–H groups in total. The number of hydrogen-bond acceptors (Lipinski definition) is 2. The highest BCUT2D eigenvalue weighted by atomic mass is 19.4. The van der Waals surface area contributed by atoms with Crippen LogP contribution in [0.4, 0.5) is 48.3 Å². The molecule has 1 aromatic rings. The van der Waals surface area contributed by atoms with Crippen molar-refractivity contribution in [2.45, 2.75) is 62.2 Å². The van der Waals surface area contributed by atoms with Crippen molar-refractivity contribution in [1.29, 1.82) is 0 Å². The van der Waals surface area contributed by atoms with Crippen LogP contribution in [0.15, 0.2) is 24.3 Å². The molecule has 0 spiro atoms. The molecule has 1 aromatic carbocycles. The van der Waals surface area contributed by atoms with Gasteiger partial charge in [0.1, 0.15) is 5.75 Å². The van der Waals surface area contributed by atoms with Gasteiger partial charge in [-0.05, 0) is 24.1 Å². The molecule has 1 unspecified atom stereocenters. The molecule has 174 valence electrons. The lowest BCUT2D eigenvalue weighted by Gasteiger charge is -2.37. The third kappa shape index (κ3) is 4.92. The van der Waals surface area contributed by atoms with Crippen LogP contribution in [0.2, 0.25) is 0 Å². The van der Waals surface area contributed by atoms with E-state index in [0.29, 0.717) is 6.42 Å². The summed E-state index contributed by atoms with van der Waals surface area (Å²) in [5, 5.41) is 9.64. The Hall–Kier alpha value is -1.79. The molecule has 1 rings (SSSR count). The molecule has 0 aromatic heterocycles. The van der Waals surface area contributed by atoms with E-state index in [-0.39, 0.29) is 12.4 Å². The van der Waals surface area contributed by atoms with Gasteiger partial charge in [-0.1, -0.05) is 25.5 Å². The monoisotopic (exact) mass is 462 g/mol. The summed E-state index contributed by atoms with van der Waals surface area (Å²) in [6.07, 6.45) is -10.9. The van der Waals surface area contributed by atoms with Crippen LogP contribution < -0.4 is 4.74 Å². The summed E-state index contributed by atoms with van der Waals surface area (Å²) >= 11 is 0. The van der Waals surface area contributed by atoms with E-state index in [1.54, 1.807) is 0 Å². The molecule has 0 saturated heterocycles. The van der Waals surface area contributed by atoms with Gasteiger partial charge in [0, 0.05) is 6.42 Å². The zero-order valence-electron chi connectivity index (χ0n) is 15.2. The molecule has 0 aliphatic carbocycles. The number of rotatable bonds is 10. The quantitative estimate of drug-likeness (QED) is 0.323. The van der Waals surface area contributed by atoms with E-state index in [0.717, 1.165) is 30.7 Å². The Balaban J connectivity index is 3.05. The minimum atomic E-state index is -7.49. The van der Waals surface area contributed by atoms with Gasteiger partial charge < -0.3 is 9.84 Å². The Kier molecular flexibility index (Phi) is 7.66. The minimum absolute atomic E-state index is 0.202. The summed E-state index contributed by atoms with van der Waals surface area (Å²) in [4.78, 5) is 0. The highest BCUT2D eigenvalue weighted by molar-refractivity contribution is 5.28. The first-order chi connectivity index (χ1) is 13.4. The van der Waals surface area contributed by atoms with Crippen LogP contribution in [0, 0.1) is 0 Å². The molecule has 0 fully saturated rings. The molecule has 0 heterocycles. The van der Waals surface area contributed by atoms with Crippen LogP contribution in [0.1, 0.15) is 37.9 Å². The fourth-order valence-corrected chi connectivity index (χ4v) is 2.21. The molecule has 2 nitrogen and oxygen atoms in total. The summed E-state index contributed by atoms with van der Waals surface area (Å²) in [5.74, 6) is -28.0. The van der Waals surface area contributed by atoms with Gasteiger partial charge in [0.25, 0.3) is 0 Å². The fourth-order valence-electron chi connectivity index (χ4n) is 2.21.